The van der Waals surface area contributed by atoms with Crippen LogP contribution >= 0.6 is 11.6 Å². The Balaban J connectivity index is 1.93. The summed E-state index contributed by atoms with van der Waals surface area (Å²) in [6.07, 6.45) is 1.40. The van der Waals surface area contributed by atoms with Gasteiger partial charge in [-0.2, -0.15) is 0 Å². The monoisotopic (exact) mass is 304 g/mol. The van der Waals surface area contributed by atoms with E-state index in [0.717, 1.165) is 5.69 Å². The van der Waals surface area contributed by atoms with Gasteiger partial charge in [0.25, 0.3) is 5.91 Å². The predicted molar refractivity (Wildman–Crippen MR) is 79.4 cm³/mol. The third-order valence-electron chi connectivity index (χ3n) is 2.78. The number of amides is 1. The minimum Gasteiger partial charge on any atom is -0.451 e. The Morgan fingerprint density at radius 3 is 2.62 bits per heavy atom. The number of carbonyl (C=O) groups excluding carboxylic acids is 2. The lowest BCUT2D eigenvalue weighted by Gasteiger charge is -2.16. The number of aromatic nitrogens is 1. The highest BCUT2D eigenvalue weighted by molar-refractivity contribution is 6.30. The van der Waals surface area contributed by atoms with Gasteiger partial charge in [0.2, 0.25) is 0 Å². The maximum Gasteiger partial charge on any atom is 0.357 e. The van der Waals surface area contributed by atoms with E-state index >= 15 is 0 Å². The third-order valence-corrected chi connectivity index (χ3v) is 3.01. The highest BCUT2D eigenvalue weighted by atomic mass is 35.5. The summed E-state index contributed by atoms with van der Waals surface area (Å²) in [5.41, 5.74) is 0.789. The van der Waals surface area contributed by atoms with Crippen molar-refractivity contribution in [3.8, 4) is 0 Å². The molecule has 2 aromatic rings. The average Bonchev–Trinajstić information content (AvgIpc) is 2.52. The van der Waals surface area contributed by atoms with Crippen molar-refractivity contribution < 1.29 is 14.3 Å². The number of ether oxygens (including phenoxy) is 1. The summed E-state index contributed by atoms with van der Waals surface area (Å²) in [7, 11) is 1.61. The highest BCUT2D eigenvalue weighted by Crippen LogP contribution is 2.12. The van der Waals surface area contributed by atoms with E-state index in [9.17, 15) is 9.59 Å². The average molecular weight is 305 g/mol. The molecule has 0 aliphatic carbocycles. The van der Waals surface area contributed by atoms with Gasteiger partial charge < -0.3 is 9.64 Å². The molecule has 1 aromatic heterocycles. The van der Waals surface area contributed by atoms with Crippen LogP contribution < -0.4 is 4.90 Å². The Kier molecular flexibility index (Phi) is 4.90. The summed E-state index contributed by atoms with van der Waals surface area (Å²) in [6.45, 7) is -0.363. The van der Waals surface area contributed by atoms with Gasteiger partial charge in [-0.05, 0) is 24.3 Å². The lowest BCUT2D eigenvalue weighted by atomic mass is 10.3. The van der Waals surface area contributed by atoms with Crippen LogP contribution in [-0.4, -0.2) is 30.5 Å². The summed E-state index contributed by atoms with van der Waals surface area (Å²) in [5, 5.41) is 0.379. The third kappa shape index (κ3) is 4.03. The van der Waals surface area contributed by atoms with Crippen LogP contribution in [0.1, 0.15) is 10.5 Å². The minimum atomic E-state index is -0.688. The van der Waals surface area contributed by atoms with Gasteiger partial charge in [-0.25, -0.2) is 9.78 Å². The van der Waals surface area contributed by atoms with E-state index in [-0.39, 0.29) is 18.2 Å². The van der Waals surface area contributed by atoms with Crippen LogP contribution in [0.5, 0.6) is 0 Å². The standard InChI is InChI=1S/C15H13ClN2O3/c1-18(12-5-3-2-4-6-12)14(19)10-21-15(20)13-9-11(16)7-8-17-13/h2-9H,10H2,1H3. The van der Waals surface area contributed by atoms with Crippen molar-refractivity contribution in [3.63, 3.8) is 0 Å². The van der Waals surface area contributed by atoms with Crippen molar-refractivity contribution in [2.75, 3.05) is 18.6 Å². The SMILES string of the molecule is CN(C(=O)COC(=O)c1cc(Cl)ccn1)c1ccccc1. The zero-order valence-electron chi connectivity index (χ0n) is 11.3. The normalized spacial score (nSPS) is 10.0. The Morgan fingerprint density at radius 1 is 1.24 bits per heavy atom. The molecule has 0 N–H and O–H groups in total. The first-order valence-corrected chi connectivity index (χ1v) is 6.56. The summed E-state index contributed by atoms with van der Waals surface area (Å²) in [4.78, 5) is 28.9. The summed E-state index contributed by atoms with van der Waals surface area (Å²) < 4.78 is 4.94. The van der Waals surface area contributed by atoms with Crippen LogP contribution in [0.15, 0.2) is 48.7 Å². The lowest BCUT2D eigenvalue weighted by Crippen LogP contribution is -2.31. The number of benzene rings is 1. The molecule has 1 heterocycles. The molecule has 0 saturated heterocycles. The number of anilines is 1. The molecular weight excluding hydrogens is 292 g/mol. The molecule has 0 fully saturated rings. The van der Waals surface area contributed by atoms with Gasteiger partial charge in [0.15, 0.2) is 6.61 Å². The molecule has 0 bridgehead atoms. The van der Waals surface area contributed by atoms with E-state index in [0.29, 0.717) is 5.02 Å². The van der Waals surface area contributed by atoms with Gasteiger partial charge in [0.05, 0.1) is 0 Å². The number of nitrogens with zero attached hydrogens (tertiary/aromatic N) is 2. The first kappa shape index (κ1) is 15.0. The zero-order chi connectivity index (χ0) is 15.2. The fourth-order valence-corrected chi connectivity index (χ4v) is 1.77. The van der Waals surface area contributed by atoms with Gasteiger partial charge in [-0.3, -0.25) is 4.79 Å². The molecule has 2 rings (SSSR count). The second-order valence-electron chi connectivity index (χ2n) is 4.22. The quantitative estimate of drug-likeness (QED) is 0.815. The van der Waals surface area contributed by atoms with Crippen LogP contribution in [0, 0.1) is 0 Å². The van der Waals surface area contributed by atoms with Crippen molar-refractivity contribution in [1.29, 1.82) is 0 Å². The number of rotatable bonds is 4. The highest BCUT2D eigenvalue weighted by Gasteiger charge is 2.15. The Hall–Kier alpha value is -2.40. The molecule has 0 saturated carbocycles. The molecule has 0 aliphatic rings. The second-order valence-corrected chi connectivity index (χ2v) is 4.66. The van der Waals surface area contributed by atoms with Crippen molar-refractivity contribution in [2.45, 2.75) is 0 Å². The summed E-state index contributed by atoms with van der Waals surface area (Å²) in [5.74, 6) is -1.02. The van der Waals surface area contributed by atoms with Crippen molar-refractivity contribution >= 4 is 29.2 Å². The molecule has 0 spiro atoms. The van der Waals surface area contributed by atoms with Crippen LogP contribution in [0.25, 0.3) is 0 Å². The largest absolute Gasteiger partial charge is 0.451 e. The second kappa shape index (κ2) is 6.85. The molecule has 1 amide bonds. The van der Waals surface area contributed by atoms with Crippen molar-refractivity contribution in [3.05, 3.63) is 59.4 Å². The first-order valence-electron chi connectivity index (χ1n) is 6.18. The Labute approximate surface area is 127 Å². The number of likely N-dealkylation sites (N-methyl/N-ethyl adjacent to an activating group) is 1. The van der Waals surface area contributed by atoms with Crippen LogP contribution in [-0.2, 0) is 9.53 Å². The molecule has 1 aromatic carbocycles. The van der Waals surface area contributed by atoms with E-state index in [1.807, 2.05) is 18.2 Å². The lowest BCUT2D eigenvalue weighted by molar-refractivity contribution is -0.121. The maximum absolute atomic E-state index is 11.9. The number of halogens is 1. The smallest absolute Gasteiger partial charge is 0.357 e. The molecule has 0 aliphatic heterocycles. The van der Waals surface area contributed by atoms with E-state index in [4.69, 9.17) is 16.3 Å². The molecular formula is C15H13ClN2O3. The molecule has 5 nitrogen and oxygen atoms in total. The Bertz CT molecular complexity index is 646. The first-order chi connectivity index (χ1) is 10.1. The number of carbonyl (C=O) groups is 2. The number of esters is 1. The fourth-order valence-electron chi connectivity index (χ4n) is 1.61. The predicted octanol–water partition coefficient (Wildman–Crippen LogP) is 2.55. The molecule has 0 atom stereocenters. The fraction of sp³-hybridized carbons (Fsp3) is 0.133. The van der Waals surface area contributed by atoms with E-state index < -0.39 is 5.97 Å². The summed E-state index contributed by atoms with van der Waals surface area (Å²) >= 11 is 5.76. The van der Waals surface area contributed by atoms with Gasteiger partial charge >= 0.3 is 5.97 Å². The minimum absolute atomic E-state index is 0.0673. The maximum atomic E-state index is 11.9. The van der Waals surface area contributed by atoms with Crippen LogP contribution in [0.3, 0.4) is 0 Å². The van der Waals surface area contributed by atoms with Crippen molar-refractivity contribution in [1.82, 2.24) is 4.98 Å². The Morgan fingerprint density at radius 2 is 1.95 bits per heavy atom. The van der Waals surface area contributed by atoms with Gasteiger partial charge in [-0.1, -0.05) is 29.8 Å². The molecule has 0 radical (unpaired) electrons. The van der Waals surface area contributed by atoms with Crippen molar-refractivity contribution in [2.24, 2.45) is 0 Å². The number of pyridine rings is 1. The molecule has 0 unspecified atom stereocenters. The molecule has 21 heavy (non-hydrogen) atoms. The van der Waals surface area contributed by atoms with E-state index in [1.165, 1.54) is 17.2 Å². The summed E-state index contributed by atoms with van der Waals surface area (Å²) in [6, 6.07) is 12.0. The number of hydrogen-bond donors (Lipinski definition) is 0. The number of hydrogen-bond acceptors (Lipinski definition) is 4. The van der Waals surface area contributed by atoms with Gasteiger partial charge in [0, 0.05) is 24.0 Å². The van der Waals surface area contributed by atoms with E-state index in [1.54, 1.807) is 25.2 Å². The number of para-hydroxylation sites is 1. The van der Waals surface area contributed by atoms with Crippen LogP contribution in [0.4, 0.5) is 5.69 Å². The molecule has 6 heteroatoms. The topological polar surface area (TPSA) is 59.5 Å². The van der Waals surface area contributed by atoms with Crippen LogP contribution in [0.2, 0.25) is 5.02 Å². The van der Waals surface area contributed by atoms with Gasteiger partial charge in [0.1, 0.15) is 5.69 Å². The van der Waals surface area contributed by atoms with E-state index in [2.05, 4.69) is 4.98 Å². The molecule has 108 valence electrons. The van der Waals surface area contributed by atoms with Gasteiger partial charge in [-0.15, -0.1) is 0 Å². The zero-order valence-corrected chi connectivity index (χ0v) is 12.1.